The largest absolute Gasteiger partial charge is 0.383 e. The van der Waals surface area contributed by atoms with Crippen LogP contribution >= 0.6 is 0 Å². The van der Waals surface area contributed by atoms with E-state index in [2.05, 4.69) is 26.7 Å². The highest BCUT2D eigenvalue weighted by atomic mass is 16.5. The van der Waals surface area contributed by atoms with Gasteiger partial charge in [0, 0.05) is 51.7 Å². The van der Waals surface area contributed by atoms with Gasteiger partial charge >= 0.3 is 0 Å². The summed E-state index contributed by atoms with van der Waals surface area (Å²) in [6.45, 7) is 6.86. The molecule has 1 fully saturated rings. The fourth-order valence-corrected chi connectivity index (χ4v) is 2.06. The van der Waals surface area contributed by atoms with Crippen LogP contribution in [0.5, 0.6) is 0 Å². The number of rotatable bonds is 4. The number of imidazole rings is 1. The predicted octanol–water partition coefficient (Wildman–Crippen LogP) is 0.328. The lowest BCUT2D eigenvalue weighted by molar-refractivity contribution is 0.187. The van der Waals surface area contributed by atoms with Crippen molar-refractivity contribution in [2.24, 2.45) is 0 Å². The van der Waals surface area contributed by atoms with Gasteiger partial charge in [0.05, 0.1) is 6.61 Å². The lowest BCUT2D eigenvalue weighted by Gasteiger charge is -2.32. The summed E-state index contributed by atoms with van der Waals surface area (Å²) in [6, 6.07) is 0.529. The van der Waals surface area contributed by atoms with Gasteiger partial charge in [-0.3, -0.25) is 0 Å². The molecule has 1 atom stereocenters. The molecule has 0 aromatic carbocycles. The SMILES string of the molecule is COCCn1ccnc1N1CCN[C@@H](C)C1. The molecule has 5 heteroatoms. The van der Waals surface area contributed by atoms with E-state index in [4.69, 9.17) is 4.74 Å². The second-order valence-electron chi connectivity index (χ2n) is 4.21. The maximum atomic E-state index is 5.10. The summed E-state index contributed by atoms with van der Waals surface area (Å²) in [6.07, 6.45) is 3.87. The summed E-state index contributed by atoms with van der Waals surface area (Å²) >= 11 is 0. The van der Waals surface area contributed by atoms with Gasteiger partial charge in [0.15, 0.2) is 0 Å². The summed E-state index contributed by atoms with van der Waals surface area (Å²) in [4.78, 5) is 6.76. The molecule has 1 saturated heterocycles. The Labute approximate surface area is 96.4 Å². The van der Waals surface area contributed by atoms with Gasteiger partial charge in [-0.05, 0) is 6.92 Å². The van der Waals surface area contributed by atoms with Crippen LogP contribution in [0.2, 0.25) is 0 Å². The van der Waals surface area contributed by atoms with E-state index < -0.39 is 0 Å². The maximum Gasteiger partial charge on any atom is 0.205 e. The van der Waals surface area contributed by atoms with E-state index in [1.807, 2.05) is 12.4 Å². The molecule has 0 saturated carbocycles. The Bertz CT molecular complexity index is 326. The molecular formula is C11H20N4O. The van der Waals surface area contributed by atoms with Gasteiger partial charge in [0.25, 0.3) is 0 Å². The molecule has 0 amide bonds. The number of hydrogen-bond donors (Lipinski definition) is 1. The first kappa shape index (κ1) is 11.4. The molecule has 0 spiro atoms. The Morgan fingerprint density at radius 3 is 3.25 bits per heavy atom. The molecule has 0 radical (unpaired) electrons. The van der Waals surface area contributed by atoms with Crippen molar-refractivity contribution >= 4 is 5.95 Å². The minimum absolute atomic E-state index is 0.529. The molecule has 0 unspecified atom stereocenters. The highest BCUT2D eigenvalue weighted by Crippen LogP contribution is 2.13. The molecule has 0 aliphatic carbocycles. The van der Waals surface area contributed by atoms with Crippen LogP contribution in [0.15, 0.2) is 12.4 Å². The molecular weight excluding hydrogens is 204 g/mol. The first-order valence-corrected chi connectivity index (χ1v) is 5.79. The van der Waals surface area contributed by atoms with Gasteiger partial charge in [0.2, 0.25) is 5.95 Å². The van der Waals surface area contributed by atoms with Crippen LogP contribution in [-0.2, 0) is 11.3 Å². The number of aromatic nitrogens is 2. The van der Waals surface area contributed by atoms with E-state index in [1.165, 1.54) is 0 Å². The van der Waals surface area contributed by atoms with E-state index >= 15 is 0 Å². The number of hydrogen-bond acceptors (Lipinski definition) is 4. The second kappa shape index (κ2) is 5.32. The first-order chi connectivity index (χ1) is 7.81. The van der Waals surface area contributed by atoms with Crippen molar-refractivity contribution in [2.75, 3.05) is 38.3 Å². The van der Waals surface area contributed by atoms with Crippen LogP contribution in [0, 0.1) is 0 Å². The fourth-order valence-electron chi connectivity index (χ4n) is 2.06. The standard InChI is InChI=1S/C11H20N4O/c1-10-9-15(6-3-12-10)11-13-4-5-14(11)7-8-16-2/h4-5,10,12H,3,6-9H2,1-2H3/t10-/m0/s1. The van der Waals surface area contributed by atoms with Gasteiger partial charge < -0.3 is 19.5 Å². The molecule has 90 valence electrons. The molecule has 1 N–H and O–H groups in total. The Hall–Kier alpha value is -1.07. The third-order valence-corrected chi connectivity index (χ3v) is 2.88. The minimum atomic E-state index is 0.529. The molecule has 1 aromatic heterocycles. The Balaban J connectivity index is 2.04. The van der Waals surface area contributed by atoms with Gasteiger partial charge in [-0.2, -0.15) is 0 Å². The van der Waals surface area contributed by atoms with Crippen LogP contribution in [0.25, 0.3) is 0 Å². The number of methoxy groups -OCH3 is 1. The second-order valence-corrected chi connectivity index (χ2v) is 4.21. The van der Waals surface area contributed by atoms with Crippen molar-refractivity contribution in [1.82, 2.24) is 14.9 Å². The Morgan fingerprint density at radius 2 is 2.50 bits per heavy atom. The lowest BCUT2D eigenvalue weighted by atomic mass is 10.2. The number of ether oxygens (including phenoxy) is 1. The van der Waals surface area contributed by atoms with Crippen molar-refractivity contribution in [1.29, 1.82) is 0 Å². The zero-order chi connectivity index (χ0) is 11.4. The number of anilines is 1. The van der Waals surface area contributed by atoms with Crippen molar-refractivity contribution in [3.8, 4) is 0 Å². The van der Waals surface area contributed by atoms with Crippen molar-refractivity contribution in [2.45, 2.75) is 19.5 Å². The summed E-state index contributed by atoms with van der Waals surface area (Å²) in [5.74, 6) is 1.06. The molecule has 2 heterocycles. The predicted molar refractivity (Wildman–Crippen MR) is 63.8 cm³/mol. The van der Waals surface area contributed by atoms with E-state index in [0.717, 1.165) is 38.7 Å². The smallest absolute Gasteiger partial charge is 0.205 e. The average Bonchev–Trinajstić information content (AvgIpc) is 2.74. The van der Waals surface area contributed by atoms with Crippen LogP contribution in [0.1, 0.15) is 6.92 Å². The fraction of sp³-hybridized carbons (Fsp3) is 0.727. The summed E-state index contributed by atoms with van der Waals surface area (Å²) < 4.78 is 7.25. The van der Waals surface area contributed by atoms with Gasteiger partial charge in [-0.25, -0.2) is 4.98 Å². The molecule has 0 bridgehead atoms. The third-order valence-electron chi connectivity index (χ3n) is 2.88. The van der Waals surface area contributed by atoms with Crippen molar-refractivity contribution < 1.29 is 4.74 Å². The van der Waals surface area contributed by atoms with E-state index in [9.17, 15) is 0 Å². The minimum Gasteiger partial charge on any atom is -0.383 e. The lowest BCUT2D eigenvalue weighted by Crippen LogP contribution is -2.50. The topological polar surface area (TPSA) is 42.3 Å². The highest BCUT2D eigenvalue weighted by Gasteiger charge is 2.19. The Kier molecular flexibility index (Phi) is 3.79. The van der Waals surface area contributed by atoms with E-state index in [-0.39, 0.29) is 0 Å². The van der Waals surface area contributed by atoms with Crippen molar-refractivity contribution in [3.05, 3.63) is 12.4 Å². The third kappa shape index (κ3) is 2.54. The van der Waals surface area contributed by atoms with Crippen LogP contribution in [0.4, 0.5) is 5.95 Å². The number of nitrogens with one attached hydrogen (secondary N) is 1. The quantitative estimate of drug-likeness (QED) is 0.800. The van der Waals surface area contributed by atoms with Gasteiger partial charge in [-0.15, -0.1) is 0 Å². The highest BCUT2D eigenvalue weighted by molar-refractivity contribution is 5.32. The van der Waals surface area contributed by atoms with Gasteiger partial charge in [0.1, 0.15) is 0 Å². The molecule has 16 heavy (non-hydrogen) atoms. The van der Waals surface area contributed by atoms with Crippen molar-refractivity contribution in [3.63, 3.8) is 0 Å². The molecule has 1 aliphatic heterocycles. The summed E-state index contributed by atoms with van der Waals surface area (Å²) in [5.41, 5.74) is 0. The zero-order valence-corrected chi connectivity index (χ0v) is 10.0. The molecule has 1 aliphatic rings. The molecule has 1 aromatic rings. The monoisotopic (exact) mass is 224 g/mol. The molecule has 2 rings (SSSR count). The molecule has 5 nitrogen and oxygen atoms in total. The van der Waals surface area contributed by atoms with Gasteiger partial charge in [-0.1, -0.05) is 0 Å². The van der Waals surface area contributed by atoms with E-state index in [0.29, 0.717) is 6.04 Å². The van der Waals surface area contributed by atoms with Crippen LogP contribution < -0.4 is 10.2 Å². The van der Waals surface area contributed by atoms with E-state index in [1.54, 1.807) is 7.11 Å². The summed E-state index contributed by atoms with van der Waals surface area (Å²) in [5, 5.41) is 3.43. The maximum absolute atomic E-state index is 5.10. The number of nitrogens with zero attached hydrogens (tertiary/aromatic N) is 3. The normalized spacial score (nSPS) is 21.4. The first-order valence-electron chi connectivity index (χ1n) is 5.79. The average molecular weight is 224 g/mol. The Morgan fingerprint density at radius 1 is 1.62 bits per heavy atom. The number of piperazine rings is 1. The van der Waals surface area contributed by atoms with Crippen LogP contribution in [-0.4, -0.2) is 48.9 Å². The van der Waals surface area contributed by atoms with Crippen LogP contribution in [0.3, 0.4) is 0 Å². The summed E-state index contributed by atoms with van der Waals surface area (Å²) in [7, 11) is 1.73. The zero-order valence-electron chi connectivity index (χ0n) is 10.0.